The summed E-state index contributed by atoms with van der Waals surface area (Å²) in [7, 11) is 0. The summed E-state index contributed by atoms with van der Waals surface area (Å²) in [6, 6.07) is 17.1. The third kappa shape index (κ3) is 11.0. The largest absolute Gasteiger partial charge is 0.481 e. The van der Waals surface area contributed by atoms with Gasteiger partial charge in [-0.05, 0) is 42.5 Å². The fraction of sp³-hybridized carbons (Fsp3) is 0.429. The number of unbranched alkanes of at least 4 members (excludes halogenated alkanes) is 6. The standard InChI is InChI=1S/C28H37NO4/c1-2-3-4-5-6-7-8-10-15-24-18-13-19-26(22-24)28(32)29(21-14-20-27(30)31)33-23-25-16-11-9-12-17-25/h9-13,15-19,22H,2-8,14,20-21,23H2,1H3,(H,30,31)/b15-10-. The van der Waals surface area contributed by atoms with Crippen molar-refractivity contribution >= 4 is 18.0 Å². The number of rotatable bonds is 16. The third-order valence-corrected chi connectivity index (χ3v) is 5.38. The first-order valence-corrected chi connectivity index (χ1v) is 12.1. The molecule has 2 aromatic rings. The predicted octanol–water partition coefficient (Wildman–Crippen LogP) is 6.89. The zero-order chi connectivity index (χ0) is 23.7. The van der Waals surface area contributed by atoms with Crippen molar-refractivity contribution < 1.29 is 19.5 Å². The van der Waals surface area contributed by atoms with Crippen LogP contribution in [0.3, 0.4) is 0 Å². The lowest BCUT2D eigenvalue weighted by atomic mass is 10.1. The molecule has 0 spiro atoms. The van der Waals surface area contributed by atoms with Gasteiger partial charge in [0.2, 0.25) is 0 Å². The molecule has 0 radical (unpaired) electrons. The second-order valence-electron chi connectivity index (χ2n) is 8.25. The van der Waals surface area contributed by atoms with Crippen LogP contribution in [0.15, 0.2) is 60.7 Å². The monoisotopic (exact) mass is 451 g/mol. The Morgan fingerprint density at radius 1 is 0.939 bits per heavy atom. The van der Waals surface area contributed by atoms with E-state index in [1.54, 1.807) is 6.07 Å². The van der Waals surface area contributed by atoms with E-state index < -0.39 is 5.97 Å². The highest BCUT2D eigenvalue weighted by Crippen LogP contribution is 2.14. The van der Waals surface area contributed by atoms with Crippen LogP contribution in [0.4, 0.5) is 0 Å². The molecule has 33 heavy (non-hydrogen) atoms. The van der Waals surface area contributed by atoms with Crippen LogP contribution in [0.25, 0.3) is 6.08 Å². The molecular weight excluding hydrogens is 414 g/mol. The second kappa shape index (κ2) is 15.8. The number of carbonyl (C=O) groups excluding carboxylic acids is 1. The van der Waals surface area contributed by atoms with Gasteiger partial charge >= 0.3 is 5.97 Å². The summed E-state index contributed by atoms with van der Waals surface area (Å²) in [6.07, 6.45) is 13.2. The van der Waals surface area contributed by atoms with Crippen molar-refractivity contribution in [2.75, 3.05) is 6.54 Å². The van der Waals surface area contributed by atoms with Gasteiger partial charge in [-0.3, -0.25) is 14.4 Å². The van der Waals surface area contributed by atoms with Crippen LogP contribution in [-0.2, 0) is 16.2 Å². The van der Waals surface area contributed by atoms with Crippen molar-refractivity contribution in [1.29, 1.82) is 0 Å². The van der Waals surface area contributed by atoms with E-state index >= 15 is 0 Å². The molecule has 0 saturated carbocycles. The summed E-state index contributed by atoms with van der Waals surface area (Å²) in [5.74, 6) is -1.15. The van der Waals surface area contributed by atoms with E-state index in [4.69, 9.17) is 9.94 Å². The smallest absolute Gasteiger partial charge is 0.303 e. The van der Waals surface area contributed by atoms with E-state index in [-0.39, 0.29) is 25.5 Å². The fourth-order valence-electron chi connectivity index (χ4n) is 3.51. The first-order chi connectivity index (χ1) is 16.1. The molecule has 0 saturated heterocycles. The van der Waals surface area contributed by atoms with Crippen LogP contribution in [0, 0.1) is 0 Å². The number of nitrogens with zero attached hydrogens (tertiary/aromatic N) is 1. The highest BCUT2D eigenvalue weighted by atomic mass is 16.7. The van der Waals surface area contributed by atoms with Gasteiger partial charge in [-0.2, -0.15) is 0 Å². The van der Waals surface area contributed by atoms with Crippen LogP contribution in [-0.4, -0.2) is 28.6 Å². The lowest BCUT2D eigenvalue weighted by Crippen LogP contribution is -2.32. The van der Waals surface area contributed by atoms with Gasteiger partial charge in [0.15, 0.2) is 0 Å². The summed E-state index contributed by atoms with van der Waals surface area (Å²) < 4.78 is 0. The summed E-state index contributed by atoms with van der Waals surface area (Å²) in [5.41, 5.74) is 2.44. The van der Waals surface area contributed by atoms with Gasteiger partial charge < -0.3 is 5.11 Å². The normalized spacial score (nSPS) is 11.1. The number of carboxylic acids is 1. The number of amides is 1. The number of hydrogen-bond donors (Lipinski definition) is 1. The quantitative estimate of drug-likeness (QED) is 0.223. The Labute approximate surface area is 198 Å². The number of carbonyl (C=O) groups is 2. The average molecular weight is 452 g/mol. The van der Waals surface area contributed by atoms with Crippen molar-refractivity contribution in [3.05, 3.63) is 77.4 Å². The van der Waals surface area contributed by atoms with E-state index in [1.807, 2.05) is 48.5 Å². The van der Waals surface area contributed by atoms with Gasteiger partial charge in [-0.1, -0.05) is 93.6 Å². The molecule has 0 aliphatic rings. The molecule has 0 fully saturated rings. The number of hydroxylamine groups is 2. The van der Waals surface area contributed by atoms with E-state index in [2.05, 4.69) is 19.1 Å². The van der Waals surface area contributed by atoms with E-state index in [0.29, 0.717) is 12.0 Å². The minimum absolute atomic E-state index is 0.0142. The van der Waals surface area contributed by atoms with Crippen molar-refractivity contribution in [2.24, 2.45) is 0 Å². The summed E-state index contributed by atoms with van der Waals surface area (Å²) >= 11 is 0. The molecule has 0 heterocycles. The fourth-order valence-corrected chi connectivity index (χ4v) is 3.51. The Morgan fingerprint density at radius 2 is 1.70 bits per heavy atom. The SMILES string of the molecule is CCCCCCCC/C=C\c1cccc(C(=O)N(CCCC(=O)O)OCc2ccccc2)c1. The maximum atomic E-state index is 13.1. The van der Waals surface area contributed by atoms with Crippen LogP contribution in [0.2, 0.25) is 0 Å². The van der Waals surface area contributed by atoms with E-state index in [0.717, 1.165) is 17.5 Å². The third-order valence-electron chi connectivity index (χ3n) is 5.38. The Balaban J connectivity index is 1.94. The van der Waals surface area contributed by atoms with Crippen LogP contribution >= 0.6 is 0 Å². The predicted molar refractivity (Wildman–Crippen MR) is 133 cm³/mol. The zero-order valence-electron chi connectivity index (χ0n) is 19.7. The van der Waals surface area contributed by atoms with Gasteiger partial charge in [-0.25, -0.2) is 5.06 Å². The number of carboxylic acid groups (broad SMARTS) is 1. The lowest BCUT2D eigenvalue weighted by molar-refractivity contribution is -0.142. The molecule has 5 heteroatoms. The second-order valence-corrected chi connectivity index (χ2v) is 8.25. The lowest BCUT2D eigenvalue weighted by Gasteiger charge is -2.22. The number of aliphatic carboxylic acids is 1. The molecule has 0 unspecified atom stereocenters. The highest BCUT2D eigenvalue weighted by molar-refractivity contribution is 5.94. The molecule has 0 bridgehead atoms. The maximum Gasteiger partial charge on any atom is 0.303 e. The number of hydrogen-bond acceptors (Lipinski definition) is 3. The molecule has 0 atom stereocenters. The number of allylic oxidation sites excluding steroid dienone is 1. The van der Waals surface area contributed by atoms with E-state index in [1.165, 1.54) is 43.6 Å². The first-order valence-electron chi connectivity index (χ1n) is 12.1. The topological polar surface area (TPSA) is 66.8 Å². The Kier molecular flexibility index (Phi) is 12.6. The van der Waals surface area contributed by atoms with Gasteiger partial charge in [0.05, 0.1) is 0 Å². The van der Waals surface area contributed by atoms with Crippen molar-refractivity contribution in [3.8, 4) is 0 Å². The molecule has 178 valence electrons. The van der Waals surface area contributed by atoms with Crippen molar-refractivity contribution in [2.45, 2.75) is 71.3 Å². The van der Waals surface area contributed by atoms with Gasteiger partial charge in [0.1, 0.15) is 6.61 Å². The molecular formula is C28H37NO4. The molecule has 0 aliphatic carbocycles. The highest BCUT2D eigenvalue weighted by Gasteiger charge is 2.17. The minimum atomic E-state index is -0.886. The summed E-state index contributed by atoms with van der Waals surface area (Å²) in [6.45, 7) is 2.69. The molecule has 0 aromatic heterocycles. The van der Waals surface area contributed by atoms with E-state index in [9.17, 15) is 9.59 Å². The average Bonchev–Trinajstić information content (AvgIpc) is 2.83. The van der Waals surface area contributed by atoms with Gasteiger partial charge in [0.25, 0.3) is 5.91 Å². The molecule has 1 amide bonds. The summed E-state index contributed by atoms with van der Waals surface area (Å²) in [5, 5.41) is 10.2. The maximum absolute atomic E-state index is 13.1. The Bertz CT molecular complexity index is 863. The van der Waals surface area contributed by atoms with Crippen LogP contribution in [0.1, 0.15) is 86.2 Å². The molecule has 2 aromatic carbocycles. The Morgan fingerprint density at radius 3 is 2.45 bits per heavy atom. The first kappa shape index (κ1) is 26.3. The molecule has 2 rings (SSSR count). The van der Waals surface area contributed by atoms with Crippen LogP contribution < -0.4 is 0 Å². The zero-order valence-corrected chi connectivity index (χ0v) is 19.7. The minimum Gasteiger partial charge on any atom is -0.481 e. The summed E-state index contributed by atoms with van der Waals surface area (Å²) in [4.78, 5) is 29.8. The molecule has 0 aliphatic heterocycles. The van der Waals surface area contributed by atoms with Gasteiger partial charge in [-0.15, -0.1) is 0 Å². The molecule has 5 nitrogen and oxygen atoms in total. The number of benzene rings is 2. The van der Waals surface area contributed by atoms with Crippen LogP contribution in [0.5, 0.6) is 0 Å². The molecule has 1 N–H and O–H groups in total. The Hall–Kier alpha value is -2.92. The van der Waals surface area contributed by atoms with Gasteiger partial charge in [0, 0.05) is 18.5 Å². The van der Waals surface area contributed by atoms with Crippen molar-refractivity contribution in [1.82, 2.24) is 5.06 Å². The van der Waals surface area contributed by atoms with Crippen molar-refractivity contribution in [3.63, 3.8) is 0 Å².